The summed E-state index contributed by atoms with van der Waals surface area (Å²) in [6.45, 7) is 14.2. The lowest BCUT2D eigenvalue weighted by Crippen LogP contribution is -2.69. The van der Waals surface area contributed by atoms with Gasteiger partial charge in [-0.15, -0.1) is 0 Å². The first-order chi connectivity index (χ1) is 14.7. The minimum absolute atomic E-state index is 0.113. The molecule has 9 nitrogen and oxygen atoms in total. The number of amides is 1. The highest BCUT2D eigenvalue weighted by Gasteiger charge is 2.53. The van der Waals surface area contributed by atoms with Gasteiger partial charge in [-0.1, -0.05) is 41.5 Å². The van der Waals surface area contributed by atoms with E-state index in [1.807, 2.05) is 0 Å². The molecule has 1 aliphatic heterocycles. The third-order valence-corrected chi connectivity index (χ3v) is 16.3. The van der Waals surface area contributed by atoms with Gasteiger partial charge in [0.1, 0.15) is 24.9 Å². The monoisotopic (exact) mass is 480 g/mol. The lowest BCUT2D eigenvalue weighted by Gasteiger charge is -2.50. The van der Waals surface area contributed by atoms with Gasteiger partial charge in [0.2, 0.25) is 5.91 Å². The fraction of sp³-hybridized carbons (Fsp3) is 0.950. The van der Waals surface area contributed by atoms with Crippen LogP contribution in [0, 0.1) is 0 Å². The first-order valence-corrected chi connectivity index (χ1v) is 16.7. The van der Waals surface area contributed by atoms with Crippen molar-refractivity contribution in [1.82, 2.24) is 5.32 Å². The summed E-state index contributed by atoms with van der Waals surface area (Å²) in [5.74, 6) is 5.31. The minimum Gasteiger partial charge on any atom is -0.409 e. The Morgan fingerprint density at radius 3 is 1.74 bits per heavy atom. The molecular weight excluding hydrogens is 436 g/mol. The second-order valence-electron chi connectivity index (χ2n) is 8.35. The van der Waals surface area contributed by atoms with Crippen molar-refractivity contribution in [3.63, 3.8) is 0 Å². The van der Waals surface area contributed by atoms with E-state index in [1.165, 1.54) is 6.92 Å². The van der Waals surface area contributed by atoms with Crippen LogP contribution in [0.25, 0.3) is 0 Å². The molecule has 0 saturated carbocycles. The third-order valence-electron chi connectivity index (χ3n) is 7.03. The summed E-state index contributed by atoms with van der Waals surface area (Å²) >= 11 is 0. The maximum Gasteiger partial charge on any atom is 0.217 e. The lowest BCUT2D eigenvalue weighted by atomic mass is 9.97. The predicted octanol–water partition coefficient (Wildman–Crippen LogP) is 3.38. The summed E-state index contributed by atoms with van der Waals surface area (Å²) in [6.07, 6.45) is -2.66. The highest BCUT2D eigenvalue weighted by molar-refractivity contribution is 6.74. The number of nitrogens with one attached hydrogen (secondary N) is 1. The second kappa shape index (κ2) is 13.4. The van der Waals surface area contributed by atoms with Gasteiger partial charge in [0.15, 0.2) is 22.9 Å². The van der Waals surface area contributed by atoms with Gasteiger partial charge in [0.25, 0.3) is 0 Å². The Bertz CT molecular complexity index is 519. The van der Waals surface area contributed by atoms with Crippen molar-refractivity contribution in [1.29, 1.82) is 0 Å². The molecule has 1 saturated heterocycles. The maximum absolute atomic E-state index is 12.1. The Balaban J connectivity index is 3.52. The number of hydrogen-bond acceptors (Lipinski definition) is 8. The summed E-state index contributed by atoms with van der Waals surface area (Å²) in [5.41, 5.74) is 0. The Hall–Kier alpha value is -0.376. The van der Waals surface area contributed by atoms with Crippen LogP contribution in [0.5, 0.6) is 0 Å². The molecule has 184 valence electrons. The molecule has 0 aromatic carbocycles. The van der Waals surface area contributed by atoms with E-state index in [0.29, 0.717) is 0 Å². The molecule has 11 heteroatoms. The van der Waals surface area contributed by atoms with Gasteiger partial charge >= 0.3 is 0 Å². The van der Waals surface area contributed by atoms with Gasteiger partial charge in [0, 0.05) is 6.92 Å². The molecule has 1 fully saturated rings. The van der Waals surface area contributed by atoms with Crippen molar-refractivity contribution in [2.45, 2.75) is 115 Å². The molecule has 5 atom stereocenters. The number of hydrogen-bond donors (Lipinski definition) is 3. The number of carbonyl (C=O) groups is 1. The Labute approximate surface area is 189 Å². The number of nitrogens with two attached hydrogens (primary N) is 1. The number of rotatable bonds is 14. The smallest absolute Gasteiger partial charge is 0.217 e. The fourth-order valence-electron chi connectivity index (χ4n) is 4.47. The second-order valence-corrected chi connectivity index (χ2v) is 17.8. The summed E-state index contributed by atoms with van der Waals surface area (Å²) in [5, 5.41) is 12.2. The molecule has 0 aliphatic carbocycles. The summed E-state index contributed by atoms with van der Waals surface area (Å²) in [7, 11) is -4.20. The van der Waals surface area contributed by atoms with Crippen molar-refractivity contribution >= 4 is 22.5 Å². The van der Waals surface area contributed by atoms with Crippen molar-refractivity contribution in [3.05, 3.63) is 0 Å². The van der Waals surface area contributed by atoms with E-state index in [0.717, 1.165) is 36.3 Å². The van der Waals surface area contributed by atoms with Gasteiger partial charge in [-0.05, 0) is 36.3 Å². The SMILES string of the molecule is CC[Si](CC)(CC)O[C@@H]1C(COO)OC(ON)C(NC(C)=O)[C@H]1O[Si](CC)(CC)CC. The van der Waals surface area contributed by atoms with Crippen LogP contribution >= 0.6 is 0 Å². The van der Waals surface area contributed by atoms with E-state index >= 15 is 0 Å². The van der Waals surface area contributed by atoms with Crippen molar-refractivity contribution < 1.29 is 33.4 Å². The van der Waals surface area contributed by atoms with Gasteiger partial charge in [0.05, 0.1) is 6.10 Å². The third kappa shape index (κ3) is 7.05. The quantitative estimate of drug-likeness (QED) is 0.196. The van der Waals surface area contributed by atoms with E-state index in [4.69, 9.17) is 24.3 Å². The number of carbonyl (C=O) groups excluding carboxylic acids is 1. The van der Waals surface area contributed by atoms with Crippen molar-refractivity contribution in [2.75, 3.05) is 6.61 Å². The molecule has 1 amide bonds. The van der Waals surface area contributed by atoms with Gasteiger partial charge < -0.3 is 18.9 Å². The van der Waals surface area contributed by atoms with E-state index in [9.17, 15) is 10.1 Å². The normalized spacial score (nSPS) is 27.3. The molecule has 31 heavy (non-hydrogen) atoms. The van der Waals surface area contributed by atoms with Crippen LogP contribution in [-0.4, -0.2) is 65.0 Å². The topological polar surface area (TPSA) is 122 Å². The summed E-state index contributed by atoms with van der Waals surface area (Å²) < 4.78 is 19.8. The van der Waals surface area contributed by atoms with E-state index < -0.39 is 47.3 Å². The van der Waals surface area contributed by atoms with E-state index in [-0.39, 0.29) is 12.5 Å². The molecule has 3 unspecified atom stereocenters. The molecule has 0 bridgehead atoms. The standard InChI is InChI=1S/C20H44N2O7Si2/c1-8-30(9-2,10-3)28-18-16(14-25-24)26-20(27-21)17(22-15(7)23)19(18)29-31(11-4,12-5)13-6/h16-20,24H,8-14,21H2,1-7H3,(H,22,23)/t16?,17?,18-,19-,20?/m1/s1. The van der Waals surface area contributed by atoms with Gasteiger partial charge in [-0.25, -0.2) is 10.8 Å². The minimum atomic E-state index is -2.11. The molecule has 1 aliphatic rings. The van der Waals surface area contributed by atoms with Crippen LogP contribution in [0.4, 0.5) is 0 Å². The van der Waals surface area contributed by atoms with Crippen LogP contribution < -0.4 is 11.2 Å². The summed E-state index contributed by atoms with van der Waals surface area (Å²) in [4.78, 5) is 21.6. The summed E-state index contributed by atoms with van der Waals surface area (Å²) in [6, 6.07) is 4.98. The molecule has 0 radical (unpaired) electrons. The van der Waals surface area contributed by atoms with Crippen LogP contribution in [0.2, 0.25) is 36.3 Å². The Morgan fingerprint density at radius 1 is 0.935 bits per heavy atom. The zero-order chi connectivity index (χ0) is 23.7. The molecular formula is C20H44N2O7Si2. The average Bonchev–Trinajstić information content (AvgIpc) is 2.78. The largest absolute Gasteiger partial charge is 0.409 e. The Kier molecular flexibility index (Phi) is 12.3. The molecule has 1 heterocycles. The zero-order valence-corrected chi connectivity index (χ0v) is 22.3. The van der Waals surface area contributed by atoms with E-state index in [2.05, 4.69) is 51.7 Å². The van der Waals surface area contributed by atoms with Crippen LogP contribution in [0.3, 0.4) is 0 Å². The first kappa shape index (κ1) is 28.7. The predicted molar refractivity (Wildman–Crippen MR) is 124 cm³/mol. The first-order valence-electron chi connectivity index (χ1n) is 11.6. The molecule has 4 N–H and O–H groups in total. The van der Waals surface area contributed by atoms with E-state index in [1.54, 1.807) is 0 Å². The van der Waals surface area contributed by atoms with Gasteiger partial charge in [-0.2, -0.15) is 0 Å². The van der Waals surface area contributed by atoms with Crippen molar-refractivity contribution in [3.8, 4) is 0 Å². The average molecular weight is 481 g/mol. The lowest BCUT2D eigenvalue weighted by molar-refractivity contribution is -0.312. The van der Waals surface area contributed by atoms with Crippen molar-refractivity contribution in [2.24, 2.45) is 5.90 Å². The fourth-order valence-corrected chi connectivity index (χ4v) is 10.2. The highest BCUT2D eigenvalue weighted by Crippen LogP contribution is 2.36. The van der Waals surface area contributed by atoms with Crippen LogP contribution in [-0.2, 0) is 28.1 Å². The zero-order valence-electron chi connectivity index (χ0n) is 20.3. The Morgan fingerprint density at radius 2 is 1.39 bits per heavy atom. The molecule has 0 spiro atoms. The number of ether oxygens (including phenoxy) is 1. The van der Waals surface area contributed by atoms with Gasteiger partial charge in [-0.3, -0.25) is 14.9 Å². The molecule has 0 aromatic heterocycles. The van der Waals surface area contributed by atoms with Crippen LogP contribution in [0.1, 0.15) is 48.5 Å². The maximum atomic E-state index is 12.1. The van der Waals surface area contributed by atoms with Crippen LogP contribution in [0.15, 0.2) is 0 Å². The molecule has 1 rings (SSSR count). The molecule has 0 aromatic rings. The highest BCUT2D eigenvalue weighted by atomic mass is 28.4.